The SMILES string of the molecule is O=S(=O)(NCc1ccccc1Cl)C1CCOC1. The van der Waals surface area contributed by atoms with Gasteiger partial charge in [-0.25, -0.2) is 13.1 Å². The van der Waals surface area contributed by atoms with Crippen molar-refractivity contribution in [2.75, 3.05) is 13.2 Å². The van der Waals surface area contributed by atoms with Crippen molar-refractivity contribution in [2.24, 2.45) is 0 Å². The van der Waals surface area contributed by atoms with E-state index in [0.29, 0.717) is 18.1 Å². The molecule has 94 valence electrons. The Morgan fingerprint density at radius 3 is 2.82 bits per heavy atom. The lowest BCUT2D eigenvalue weighted by atomic mass is 10.2. The second-order valence-electron chi connectivity index (χ2n) is 3.94. The van der Waals surface area contributed by atoms with Crippen LogP contribution in [0.25, 0.3) is 0 Å². The lowest BCUT2D eigenvalue weighted by Crippen LogP contribution is -2.34. The van der Waals surface area contributed by atoms with E-state index in [0.717, 1.165) is 5.56 Å². The topological polar surface area (TPSA) is 55.4 Å². The highest BCUT2D eigenvalue weighted by Gasteiger charge is 2.29. The van der Waals surface area contributed by atoms with Crippen molar-refractivity contribution in [2.45, 2.75) is 18.2 Å². The van der Waals surface area contributed by atoms with Crippen molar-refractivity contribution < 1.29 is 13.2 Å². The molecule has 1 aliphatic heterocycles. The Labute approximate surface area is 106 Å². The van der Waals surface area contributed by atoms with Crippen LogP contribution in [-0.2, 0) is 21.3 Å². The molecule has 1 unspecified atom stereocenters. The minimum absolute atomic E-state index is 0.221. The first-order valence-electron chi connectivity index (χ1n) is 5.39. The normalized spacial score (nSPS) is 20.6. The molecule has 0 saturated carbocycles. The quantitative estimate of drug-likeness (QED) is 0.907. The number of sulfonamides is 1. The van der Waals surface area contributed by atoms with E-state index in [1.54, 1.807) is 12.1 Å². The van der Waals surface area contributed by atoms with Gasteiger partial charge >= 0.3 is 0 Å². The standard InChI is InChI=1S/C11H14ClNO3S/c12-11-4-2-1-3-9(11)7-13-17(14,15)10-5-6-16-8-10/h1-4,10,13H,5-8H2. The zero-order valence-corrected chi connectivity index (χ0v) is 10.8. The average Bonchev–Trinajstić information content (AvgIpc) is 2.82. The molecule has 17 heavy (non-hydrogen) atoms. The van der Waals surface area contributed by atoms with Gasteiger partial charge in [-0.15, -0.1) is 0 Å². The fraction of sp³-hybridized carbons (Fsp3) is 0.455. The predicted octanol–water partition coefficient (Wildman–Crippen LogP) is 1.55. The van der Waals surface area contributed by atoms with Crippen LogP contribution in [0.1, 0.15) is 12.0 Å². The van der Waals surface area contributed by atoms with Gasteiger partial charge in [0.1, 0.15) is 5.25 Å². The van der Waals surface area contributed by atoms with Gasteiger partial charge < -0.3 is 4.74 Å². The molecule has 1 heterocycles. The first kappa shape index (κ1) is 12.8. The molecule has 0 amide bonds. The molecule has 0 aliphatic carbocycles. The van der Waals surface area contributed by atoms with Gasteiger partial charge in [0.15, 0.2) is 0 Å². The summed E-state index contributed by atoms with van der Waals surface area (Å²) in [6.07, 6.45) is 0.553. The monoisotopic (exact) mass is 275 g/mol. The van der Waals surface area contributed by atoms with Crippen molar-refractivity contribution in [3.05, 3.63) is 34.9 Å². The molecular formula is C11H14ClNO3S. The summed E-state index contributed by atoms with van der Waals surface area (Å²) >= 11 is 5.95. The highest BCUT2D eigenvalue weighted by Crippen LogP contribution is 2.17. The number of hydrogen-bond acceptors (Lipinski definition) is 3. The molecule has 0 aromatic heterocycles. The van der Waals surface area contributed by atoms with Crippen molar-refractivity contribution >= 4 is 21.6 Å². The van der Waals surface area contributed by atoms with Crippen LogP contribution in [0, 0.1) is 0 Å². The summed E-state index contributed by atoms with van der Waals surface area (Å²) in [7, 11) is -3.31. The van der Waals surface area contributed by atoms with E-state index >= 15 is 0 Å². The van der Waals surface area contributed by atoms with Gasteiger partial charge in [0, 0.05) is 18.2 Å². The third-order valence-electron chi connectivity index (χ3n) is 2.75. The van der Waals surface area contributed by atoms with Crippen molar-refractivity contribution in [1.82, 2.24) is 4.72 Å². The van der Waals surface area contributed by atoms with E-state index in [-0.39, 0.29) is 13.2 Å². The van der Waals surface area contributed by atoms with Crippen molar-refractivity contribution in [1.29, 1.82) is 0 Å². The molecule has 2 rings (SSSR count). The average molecular weight is 276 g/mol. The minimum Gasteiger partial charge on any atom is -0.380 e. The van der Waals surface area contributed by atoms with Crippen molar-refractivity contribution in [3.63, 3.8) is 0 Å². The molecule has 0 radical (unpaired) electrons. The van der Waals surface area contributed by atoms with E-state index in [1.807, 2.05) is 12.1 Å². The number of ether oxygens (including phenoxy) is 1. The first-order valence-corrected chi connectivity index (χ1v) is 7.31. The molecule has 4 nitrogen and oxygen atoms in total. The summed E-state index contributed by atoms with van der Waals surface area (Å²) in [6, 6.07) is 7.18. The Morgan fingerprint density at radius 1 is 1.41 bits per heavy atom. The van der Waals surface area contributed by atoms with Crippen LogP contribution in [-0.4, -0.2) is 26.9 Å². The Kier molecular flexibility index (Phi) is 4.04. The highest BCUT2D eigenvalue weighted by molar-refractivity contribution is 7.90. The van der Waals surface area contributed by atoms with Crippen molar-refractivity contribution in [3.8, 4) is 0 Å². The third kappa shape index (κ3) is 3.19. The summed E-state index contributed by atoms with van der Waals surface area (Å²) in [6.45, 7) is 1.01. The number of nitrogens with one attached hydrogen (secondary N) is 1. The van der Waals surface area contributed by atoms with Crippen LogP contribution in [0.4, 0.5) is 0 Å². The molecule has 1 fully saturated rings. The van der Waals surface area contributed by atoms with Gasteiger partial charge in [0.25, 0.3) is 0 Å². The van der Waals surface area contributed by atoms with E-state index < -0.39 is 15.3 Å². The van der Waals surface area contributed by atoms with E-state index in [9.17, 15) is 8.42 Å². The maximum atomic E-state index is 11.9. The van der Waals surface area contributed by atoms with Gasteiger partial charge in [-0.3, -0.25) is 0 Å². The van der Waals surface area contributed by atoms with Gasteiger partial charge in [-0.1, -0.05) is 29.8 Å². The van der Waals surface area contributed by atoms with Crippen LogP contribution in [0.15, 0.2) is 24.3 Å². The molecule has 1 atom stereocenters. The Morgan fingerprint density at radius 2 is 2.18 bits per heavy atom. The largest absolute Gasteiger partial charge is 0.380 e. The summed E-state index contributed by atoms with van der Waals surface area (Å²) < 4.78 is 31.4. The van der Waals surface area contributed by atoms with Crippen LogP contribution in [0.3, 0.4) is 0 Å². The van der Waals surface area contributed by atoms with Crippen LogP contribution in [0.2, 0.25) is 5.02 Å². The molecule has 0 spiro atoms. The van der Waals surface area contributed by atoms with E-state index in [4.69, 9.17) is 16.3 Å². The molecule has 1 saturated heterocycles. The molecule has 1 aliphatic rings. The summed E-state index contributed by atoms with van der Waals surface area (Å²) in [5.74, 6) is 0. The number of benzene rings is 1. The number of rotatable bonds is 4. The molecular weight excluding hydrogens is 262 g/mol. The molecule has 1 N–H and O–H groups in total. The Hall–Kier alpha value is -0.620. The second-order valence-corrected chi connectivity index (χ2v) is 6.40. The summed E-state index contributed by atoms with van der Waals surface area (Å²) in [5, 5.41) is 0.128. The maximum absolute atomic E-state index is 11.9. The van der Waals surface area contributed by atoms with Gasteiger partial charge in [-0.05, 0) is 18.1 Å². The second kappa shape index (κ2) is 5.35. The lowest BCUT2D eigenvalue weighted by molar-refractivity contribution is 0.198. The van der Waals surface area contributed by atoms with Gasteiger partial charge in [0.05, 0.1) is 6.61 Å². The molecule has 1 aromatic rings. The molecule has 1 aromatic carbocycles. The highest BCUT2D eigenvalue weighted by atomic mass is 35.5. The van der Waals surface area contributed by atoms with Crippen LogP contribution >= 0.6 is 11.6 Å². The fourth-order valence-corrected chi connectivity index (χ4v) is 3.17. The zero-order chi connectivity index (χ0) is 12.3. The van der Waals surface area contributed by atoms with Crippen LogP contribution in [0.5, 0.6) is 0 Å². The summed E-state index contributed by atoms with van der Waals surface area (Å²) in [4.78, 5) is 0. The van der Waals surface area contributed by atoms with E-state index in [1.165, 1.54) is 0 Å². The third-order valence-corrected chi connectivity index (χ3v) is 4.91. The van der Waals surface area contributed by atoms with Gasteiger partial charge in [0.2, 0.25) is 10.0 Å². The minimum atomic E-state index is -3.31. The first-order chi connectivity index (χ1) is 8.09. The zero-order valence-electron chi connectivity index (χ0n) is 9.23. The Balaban J connectivity index is 2.00. The number of halogens is 1. The lowest BCUT2D eigenvalue weighted by Gasteiger charge is -2.11. The maximum Gasteiger partial charge on any atom is 0.217 e. The van der Waals surface area contributed by atoms with Crippen LogP contribution < -0.4 is 4.72 Å². The van der Waals surface area contributed by atoms with E-state index in [2.05, 4.69) is 4.72 Å². The predicted molar refractivity (Wildman–Crippen MR) is 66.4 cm³/mol. The number of hydrogen-bond donors (Lipinski definition) is 1. The fourth-order valence-electron chi connectivity index (χ4n) is 1.70. The Bertz CT molecular complexity index is 483. The smallest absolute Gasteiger partial charge is 0.217 e. The molecule has 0 bridgehead atoms. The van der Waals surface area contributed by atoms with Gasteiger partial charge in [-0.2, -0.15) is 0 Å². The molecule has 6 heteroatoms. The summed E-state index contributed by atoms with van der Waals surface area (Å²) in [5.41, 5.74) is 0.775.